The number of hydrogen-bond acceptors (Lipinski definition) is 2. The van der Waals surface area contributed by atoms with E-state index in [9.17, 15) is 0 Å². The second-order valence-electron chi connectivity index (χ2n) is 6.83. The molecular weight excluding hydrogens is 232 g/mol. The maximum atomic E-state index is 4.77. The molecule has 1 aliphatic heterocycles. The predicted molar refractivity (Wildman–Crippen MR) is 85.9 cm³/mol. The molecule has 0 radical (unpaired) electrons. The lowest BCUT2D eigenvalue weighted by Gasteiger charge is -2.11. The Morgan fingerprint density at radius 2 is 1.63 bits per heavy atom. The fourth-order valence-electron chi connectivity index (χ4n) is 2.72. The van der Waals surface area contributed by atoms with Crippen molar-refractivity contribution in [3.8, 4) is 0 Å². The van der Waals surface area contributed by atoms with Crippen LogP contribution in [0.4, 0.5) is 0 Å². The molecule has 0 aromatic heterocycles. The zero-order valence-electron chi connectivity index (χ0n) is 13.6. The number of nitrogens with one attached hydrogen (secondary N) is 1. The fourth-order valence-corrected chi connectivity index (χ4v) is 2.72. The van der Waals surface area contributed by atoms with Crippen LogP contribution in [0, 0.1) is 5.92 Å². The summed E-state index contributed by atoms with van der Waals surface area (Å²) in [6.45, 7) is 10.0. The summed E-state index contributed by atoms with van der Waals surface area (Å²) in [5.41, 5.74) is 0.114. The number of aliphatic imine (C=N–C) groups is 1. The third-order valence-corrected chi connectivity index (χ3v) is 4.08. The molecule has 0 spiro atoms. The van der Waals surface area contributed by atoms with Gasteiger partial charge in [0.2, 0.25) is 0 Å². The molecule has 1 rings (SSSR count). The summed E-state index contributed by atoms with van der Waals surface area (Å²) in [5.74, 6) is 1.86. The van der Waals surface area contributed by atoms with Gasteiger partial charge in [-0.25, -0.2) is 0 Å². The van der Waals surface area contributed by atoms with Gasteiger partial charge in [0.1, 0.15) is 0 Å². The Labute approximate surface area is 120 Å². The van der Waals surface area contributed by atoms with Crippen molar-refractivity contribution in [3.63, 3.8) is 0 Å². The molecule has 0 amide bonds. The molecule has 0 bridgehead atoms. The van der Waals surface area contributed by atoms with Crippen LogP contribution in [0.15, 0.2) is 4.99 Å². The molecule has 1 N–H and O–H groups in total. The summed E-state index contributed by atoms with van der Waals surface area (Å²) >= 11 is 0. The van der Waals surface area contributed by atoms with Crippen molar-refractivity contribution in [3.05, 3.63) is 0 Å². The Kier molecular flexibility index (Phi) is 7.48. The summed E-state index contributed by atoms with van der Waals surface area (Å²) in [5, 5.41) is 3.47. The molecule has 0 saturated carbocycles. The van der Waals surface area contributed by atoms with E-state index in [2.05, 4.69) is 33.0 Å². The molecule has 0 aliphatic carbocycles. The molecule has 0 fully saturated rings. The van der Waals surface area contributed by atoms with Crippen molar-refractivity contribution in [1.29, 1.82) is 0 Å². The average Bonchev–Trinajstić information content (AvgIpc) is 2.73. The number of amidine groups is 1. The number of unbranched alkanes of at least 4 members (excludes halogenated alkanes) is 7. The summed E-state index contributed by atoms with van der Waals surface area (Å²) in [4.78, 5) is 4.77. The highest BCUT2D eigenvalue weighted by molar-refractivity contribution is 5.86. The largest absolute Gasteiger partial charge is 0.371 e. The van der Waals surface area contributed by atoms with Gasteiger partial charge in [0.15, 0.2) is 0 Å². The summed E-state index contributed by atoms with van der Waals surface area (Å²) in [7, 11) is 0. The lowest BCUT2D eigenvalue weighted by Crippen LogP contribution is -2.28. The minimum Gasteiger partial charge on any atom is -0.371 e. The first-order chi connectivity index (χ1) is 9.05. The fraction of sp³-hybridized carbons (Fsp3) is 0.941. The molecule has 1 aliphatic rings. The van der Waals surface area contributed by atoms with E-state index in [1.807, 2.05) is 0 Å². The van der Waals surface area contributed by atoms with Crippen LogP contribution in [0.3, 0.4) is 0 Å². The van der Waals surface area contributed by atoms with Crippen molar-refractivity contribution >= 4 is 5.84 Å². The molecule has 2 nitrogen and oxygen atoms in total. The average molecular weight is 266 g/mol. The van der Waals surface area contributed by atoms with Crippen LogP contribution in [0.2, 0.25) is 0 Å². The molecule has 19 heavy (non-hydrogen) atoms. The topological polar surface area (TPSA) is 24.4 Å². The van der Waals surface area contributed by atoms with Gasteiger partial charge < -0.3 is 5.32 Å². The summed E-state index contributed by atoms with van der Waals surface area (Å²) in [6, 6.07) is 0. The van der Waals surface area contributed by atoms with Crippen LogP contribution in [0.25, 0.3) is 0 Å². The van der Waals surface area contributed by atoms with Gasteiger partial charge in [0, 0.05) is 12.5 Å². The Balaban J connectivity index is 2.01. The third-order valence-electron chi connectivity index (χ3n) is 4.08. The van der Waals surface area contributed by atoms with E-state index >= 15 is 0 Å². The molecule has 2 heteroatoms. The van der Waals surface area contributed by atoms with Gasteiger partial charge in [-0.2, -0.15) is 0 Å². The van der Waals surface area contributed by atoms with Gasteiger partial charge >= 0.3 is 0 Å². The van der Waals surface area contributed by atoms with Crippen molar-refractivity contribution in [1.82, 2.24) is 5.32 Å². The van der Waals surface area contributed by atoms with E-state index in [-0.39, 0.29) is 5.54 Å². The van der Waals surface area contributed by atoms with Crippen LogP contribution in [-0.4, -0.2) is 17.9 Å². The van der Waals surface area contributed by atoms with Gasteiger partial charge in [-0.3, -0.25) is 4.99 Å². The third kappa shape index (κ3) is 6.98. The maximum Gasteiger partial charge on any atom is 0.0999 e. The van der Waals surface area contributed by atoms with E-state index in [1.165, 1.54) is 63.6 Å². The standard InChI is InChI=1S/C17H34N2/c1-5-6-7-8-9-10-11-12-13-15(2)16-18-14-17(3,4)19-16/h15H,5-14H2,1-4H3,(H,18,19). The second-order valence-corrected chi connectivity index (χ2v) is 6.83. The van der Waals surface area contributed by atoms with Gasteiger partial charge in [-0.05, 0) is 20.3 Å². The van der Waals surface area contributed by atoms with E-state index < -0.39 is 0 Å². The van der Waals surface area contributed by atoms with Crippen LogP contribution >= 0.6 is 0 Å². The van der Waals surface area contributed by atoms with E-state index in [0.717, 1.165) is 6.54 Å². The number of rotatable bonds is 10. The zero-order chi connectivity index (χ0) is 14.1. The van der Waals surface area contributed by atoms with Crippen molar-refractivity contribution < 1.29 is 0 Å². The summed E-state index contributed by atoms with van der Waals surface area (Å²) in [6.07, 6.45) is 12.5. The second kappa shape index (κ2) is 8.60. The lowest BCUT2D eigenvalue weighted by molar-refractivity contribution is 0.540. The minimum absolute atomic E-state index is 0.114. The van der Waals surface area contributed by atoms with Gasteiger partial charge in [0.05, 0.1) is 11.4 Å². The van der Waals surface area contributed by atoms with E-state index in [1.54, 1.807) is 0 Å². The van der Waals surface area contributed by atoms with Gasteiger partial charge in [-0.1, -0.05) is 65.2 Å². The number of hydrogen-bond donors (Lipinski definition) is 1. The molecule has 0 aromatic rings. The highest BCUT2D eigenvalue weighted by Gasteiger charge is 2.26. The molecule has 0 aromatic carbocycles. The quantitative estimate of drug-likeness (QED) is 0.557. The Bertz CT molecular complexity index is 268. The number of nitrogens with zero attached hydrogens (tertiary/aromatic N) is 1. The lowest BCUT2D eigenvalue weighted by atomic mass is 10.0. The minimum atomic E-state index is 0.114. The van der Waals surface area contributed by atoms with Gasteiger partial charge in [-0.15, -0.1) is 0 Å². The summed E-state index contributed by atoms with van der Waals surface area (Å²) < 4.78 is 0. The molecule has 112 valence electrons. The van der Waals surface area contributed by atoms with Crippen LogP contribution in [0.1, 0.15) is 85.5 Å². The van der Waals surface area contributed by atoms with Crippen molar-refractivity contribution in [2.45, 2.75) is 91.0 Å². The SMILES string of the molecule is CCCCCCCCCCC(C)C1=NC(C)(C)CN1. The van der Waals surface area contributed by atoms with Crippen molar-refractivity contribution in [2.75, 3.05) is 6.54 Å². The Morgan fingerprint density at radius 3 is 2.16 bits per heavy atom. The Hall–Kier alpha value is -0.530. The monoisotopic (exact) mass is 266 g/mol. The first kappa shape index (κ1) is 16.5. The van der Waals surface area contributed by atoms with Crippen LogP contribution in [-0.2, 0) is 0 Å². The normalized spacial score (nSPS) is 19.1. The smallest absolute Gasteiger partial charge is 0.0999 e. The molecule has 1 unspecified atom stereocenters. The highest BCUT2D eigenvalue weighted by Crippen LogP contribution is 2.19. The van der Waals surface area contributed by atoms with Crippen LogP contribution in [0.5, 0.6) is 0 Å². The van der Waals surface area contributed by atoms with Gasteiger partial charge in [0.25, 0.3) is 0 Å². The molecule has 0 saturated heterocycles. The maximum absolute atomic E-state index is 4.77. The zero-order valence-corrected chi connectivity index (χ0v) is 13.6. The molecular formula is C17H34N2. The first-order valence-corrected chi connectivity index (χ1v) is 8.39. The van der Waals surface area contributed by atoms with Crippen molar-refractivity contribution in [2.24, 2.45) is 10.9 Å². The Morgan fingerprint density at radius 1 is 1.05 bits per heavy atom. The predicted octanol–water partition coefficient (Wildman–Crippen LogP) is 4.93. The van der Waals surface area contributed by atoms with Crippen LogP contribution < -0.4 is 5.32 Å². The van der Waals surface area contributed by atoms with E-state index in [0.29, 0.717) is 5.92 Å². The highest BCUT2D eigenvalue weighted by atomic mass is 15.1. The first-order valence-electron chi connectivity index (χ1n) is 8.39. The molecule has 1 heterocycles. The molecule has 1 atom stereocenters. The van der Waals surface area contributed by atoms with E-state index in [4.69, 9.17) is 4.99 Å².